The van der Waals surface area contributed by atoms with E-state index in [1.807, 2.05) is 43.3 Å². The minimum absolute atomic E-state index is 0.0349. The van der Waals surface area contributed by atoms with Gasteiger partial charge < -0.3 is 5.32 Å². The molecule has 0 saturated carbocycles. The van der Waals surface area contributed by atoms with Gasteiger partial charge in [-0.2, -0.15) is 13.5 Å². The summed E-state index contributed by atoms with van der Waals surface area (Å²) in [5.74, 6) is 0.229. The Balaban J connectivity index is 1.48. The van der Waals surface area contributed by atoms with E-state index in [2.05, 4.69) is 29.5 Å². The topological polar surface area (TPSA) is 98.5 Å². The molecule has 0 atom stereocenters. The normalized spacial score (nSPS) is 10.9. The quantitative estimate of drug-likeness (QED) is 0.606. The minimum atomic E-state index is -0.256. The van der Waals surface area contributed by atoms with Gasteiger partial charge in [-0.3, -0.25) is 4.79 Å². The summed E-state index contributed by atoms with van der Waals surface area (Å²) < 4.78 is 8.35. The van der Waals surface area contributed by atoms with Gasteiger partial charge in [0.2, 0.25) is 11.7 Å². The summed E-state index contributed by atoms with van der Waals surface area (Å²) in [7, 11) is 0. The molecule has 4 aromatic rings. The van der Waals surface area contributed by atoms with E-state index in [1.54, 1.807) is 6.07 Å². The Morgan fingerprint density at radius 3 is 2.84 bits per heavy atom. The van der Waals surface area contributed by atoms with Gasteiger partial charge in [-0.05, 0) is 24.3 Å². The zero-order valence-corrected chi connectivity index (χ0v) is 14.1. The number of aromatic nitrogens is 6. The van der Waals surface area contributed by atoms with Crippen LogP contribution in [0.25, 0.3) is 22.4 Å². The van der Waals surface area contributed by atoms with Crippen molar-refractivity contribution >= 4 is 34.4 Å². The van der Waals surface area contributed by atoms with E-state index < -0.39 is 0 Å². The highest BCUT2D eigenvalue weighted by molar-refractivity contribution is 7.00. The monoisotopic (exact) mass is 351 g/mol. The summed E-state index contributed by atoms with van der Waals surface area (Å²) in [4.78, 5) is 13.5. The maximum Gasteiger partial charge on any atom is 0.248 e. The highest BCUT2D eigenvalue weighted by Gasteiger charge is 2.12. The van der Waals surface area contributed by atoms with Crippen LogP contribution in [0.15, 0.2) is 42.5 Å². The molecular weight excluding hydrogens is 338 g/mol. The van der Waals surface area contributed by atoms with Crippen LogP contribution in [-0.2, 0) is 11.3 Å². The molecular formula is C16H13N7OS. The second-order valence-corrected chi connectivity index (χ2v) is 6.02. The fourth-order valence-electron chi connectivity index (χ4n) is 2.35. The molecule has 0 aliphatic rings. The van der Waals surface area contributed by atoms with Crippen molar-refractivity contribution in [3.63, 3.8) is 0 Å². The van der Waals surface area contributed by atoms with Crippen LogP contribution in [0.3, 0.4) is 0 Å². The van der Waals surface area contributed by atoms with Gasteiger partial charge in [-0.25, -0.2) is 0 Å². The van der Waals surface area contributed by atoms with Gasteiger partial charge in [0.1, 0.15) is 17.6 Å². The second-order valence-electron chi connectivity index (χ2n) is 5.50. The number of amides is 1. The molecule has 0 radical (unpaired) electrons. The van der Waals surface area contributed by atoms with Crippen molar-refractivity contribution in [3.05, 3.63) is 48.0 Å². The van der Waals surface area contributed by atoms with Gasteiger partial charge in [0.25, 0.3) is 0 Å². The SMILES string of the molecule is Cc1ccc(-c2nnn(CC(=O)Nc3cccc4nsnc34)n2)cc1. The minimum Gasteiger partial charge on any atom is -0.322 e. The van der Waals surface area contributed by atoms with E-state index >= 15 is 0 Å². The number of fused-ring (bicyclic) bond motifs is 1. The highest BCUT2D eigenvalue weighted by atomic mass is 32.1. The molecule has 0 bridgehead atoms. The number of nitrogens with one attached hydrogen (secondary N) is 1. The van der Waals surface area contributed by atoms with E-state index in [0.717, 1.165) is 28.4 Å². The van der Waals surface area contributed by atoms with Gasteiger partial charge in [-0.1, -0.05) is 35.9 Å². The average Bonchev–Trinajstić information content (AvgIpc) is 3.25. The van der Waals surface area contributed by atoms with Crippen molar-refractivity contribution < 1.29 is 4.79 Å². The second kappa shape index (κ2) is 6.36. The molecule has 0 fully saturated rings. The maximum atomic E-state index is 12.3. The summed E-state index contributed by atoms with van der Waals surface area (Å²) in [6.45, 7) is 1.98. The number of aryl methyl sites for hydroxylation is 1. The van der Waals surface area contributed by atoms with Crippen LogP contribution < -0.4 is 5.32 Å². The van der Waals surface area contributed by atoms with E-state index in [1.165, 1.54) is 4.80 Å². The van der Waals surface area contributed by atoms with Crippen LogP contribution in [0, 0.1) is 6.92 Å². The third-order valence-electron chi connectivity index (χ3n) is 3.61. The summed E-state index contributed by atoms with van der Waals surface area (Å²) >= 11 is 1.11. The fraction of sp³-hybridized carbons (Fsp3) is 0.125. The third-order valence-corrected chi connectivity index (χ3v) is 4.15. The van der Waals surface area contributed by atoms with Crippen molar-refractivity contribution in [1.82, 2.24) is 29.0 Å². The Morgan fingerprint density at radius 1 is 1.16 bits per heavy atom. The number of tetrazole rings is 1. The molecule has 0 aliphatic carbocycles. The van der Waals surface area contributed by atoms with Gasteiger partial charge in [0, 0.05) is 5.56 Å². The number of anilines is 1. The van der Waals surface area contributed by atoms with E-state index in [0.29, 0.717) is 17.0 Å². The predicted octanol–water partition coefficient (Wildman–Crippen LogP) is 2.29. The first-order chi connectivity index (χ1) is 12.2. The molecule has 8 nitrogen and oxygen atoms in total. The van der Waals surface area contributed by atoms with Gasteiger partial charge in [0.05, 0.1) is 17.4 Å². The summed E-state index contributed by atoms with van der Waals surface area (Å²) in [6.07, 6.45) is 0. The number of carbonyl (C=O) groups excluding carboxylic acids is 1. The van der Waals surface area contributed by atoms with Crippen LogP contribution in [0.2, 0.25) is 0 Å². The third kappa shape index (κ3) is 3.22. The Hall–Kier alpha value is -3.20. The average molecular weight is 351 g/mol. The zero-order valence-electron chi connectivity index (χ0n) is 13.2. The lowest BCUT2D eigenvalue weighted by Gasteiger charge is -2.04. The van der Waals surface area contributed by atoms with Gasteiger partial charge in [0.15, 0.2) is 0 Å². The van der Waals surface area contributed by atoms with Crippen LogP contribution >= 0.6 is 11.7 Å². The molecule has 2 aromatic heterocycles. The molecule has 0 spiro atoms. The lowest BCUT2D eigenvalue weighted by atomic mass is 10.1. The zero-order chi connectivity index (χ0) is 17.2. The first-order valence-corrected chi connectivity index (χ1v) is 8.28. The first kappa shape index (κ1) is 15.3. The Labute approximate surface area is 146 Å². The Bertz CT molecular complexity index is 1040. The molecule has 0 aliphatic heterocycles. The van der Waals surface area contributed by atoms with Gasteiger partial charge >= 0.3 is 0 Å². The van der Waals surface area contributed by atoms with Crippen molar-refractivity contribution in [1.29, 1.82) is 0 Å². The molecule has 2 heterocycles. The maximum absolute atomic E-state index is 12.3. The number of hydrogen-bond donors (Lipinski definition) is 1. The van der Waals surface area contributed by atoms with Crippen LogP contribution in [0.5, 0.6) is 0 Å². The summed E-state index contributed by atoms with van der Waals surface area (Å²) in [6, 6.07) is 13.3. The predicted molar refractivity (Wildman–Crippen MR) is 94.0 cm³/mol. The number of nitrogens with zero attached hydrogens (tertiary/aromatic N) is 6. The van der Waals surface area contributed by atoms with Crippen molar-refractivity contribution in [2.24, 2.45) is 0 Å². The summed E-state index contributed by atoms with van der Waals surface area (Å²) in [5.41, 5.74) is 4.06. The van der Waals surface area contributed by atoms with E-state index in [-0.39, 0.29) is 12.5 Å². The fourth-order valence-corrected chi connectivity index (χ4v) is 2.90. The van der Waals surface area contributed by atoms with Crippen LogP contribution in [-0.4, -0.2) is 34.9 Å². The Kier molecular flexibility index (Phi) is 3.90. The van der Waals surface area contributed by atoms with Crippen molar-refractivity contribution in [2.45, 2.75) is 13.5 Å². The Morgan fingerprint density at radius 2 is 2.00 bits per heavy atom. The smallest absolute Gasteiger partial charge is 0.248 e. The van der Waals surface area contributed by atoms with Gasteiger partial charge in [-0.15, -0.1) is 10.2 Å². The number of hydrogen-bond acceptors (Lipinski definition) is 7. The van der Waals surface area contributed by atoms with E-state index in [9.17, 15) is 4.79 Å². The number of carbonyl (C=O) groups is 1. The first-order valence-electron chi connectivity index (χ1n) is 7.55. The molecule has 0 saturated heterocycles. The molecule has 1 N–H and O–H groups in total. The molecule has 4 rings (SSSR count). The molecule has 2 aromatic carbocycles. The van der Waals surface area contributed by atoms with E-state index in [4.69, 9.17) is 0 Å². The molecule has 25 heavy (non-hydrogen) atoms. The van der Waals surface area contributed by atoms with Crippen LogP contribution in [0.1, 0.15) is 5.56 Å². The number of rotatable bonds is 4. The molecule has 0 unspecified atom stereocenters. The molecule has 124 valence electrons. The molecule has 9 heteroatoms. The number of benzene rings is 2. The standard InChI is InChI=1S/C16H13N7OS/c1-10-5-7-11(8-6-10)16-18-22-23(19-16)9-14(24)17-12-3-2-4-13-15(12)21-25-20-13/h2-8H,9H2,1H3,(H,17,24). The highest BCUT2D eigenvalue weighted by Crippen LogP contribution is 2.21. The lowest BCUT2D eigenvalue weighted by Crippen LogP contribution is -2.20. The van der Waals surface area contributed by atoms with Crippen molar-refractivity contribution in [3.8, 4) is 11.4 Å². The summed E-state index contributed by atoms with van der Waals surface area (Å²) in [5, 5.41) is 15.0. The van der Waals surface area contributed by atoms with Crippen molar-refractivity contribution in [2.75, 3.05) is 5.32 Å². The largest absolute Gasteiger partial charge is 0.322 e. The van der Waals surface area contributed by atoms with Crippen LogP contribution in [0.4, 0.5) is 5.69 Å². The lowest BCUT2D eigenvalue weighted by molar-refractivity contribution is -0.117. The molecule has 1 amide bonds.